The highest BCUT2D eigenvalue weighted by Crippen LogP contribution is 2.36. The Labute approximate surface area is 192 Å². The van der Waals surface area contributed by atoms with Gasteiger partial charge in [0.15, 0.2) is 0 Å². The van der Waals surface area contributed by atoms with Crippen LogP contribution >= 0.6 is 18.7 Å². The van der Waals surface area contributed by atoms with Gasteiger partial charge >= 0.3 is 29.4 Å². The van der Waals surface area contributed by atoms with E-state index in [2.05, 4.69) is 14.2 Å². The van der Waals surface area contributed by atoms with Crippen molar-refractivity contribution in [1.29, 1.82) is 0 Å². The van der Waals surface area contributed by atoms with Gasteiger partial charge in [-0.1, -0.05) is 0 Å². The number of ether oxygens (including phenoxy) is 5. The lowest BCUT2D eigenvalue weighted by molar-refractivity contribution is -0.195. The molecule has 0 aliphatic rings. The second-order valence-corrected chi connectivity index (χ2v) is 11.4. The molecule has 0 spiro atoms. The first-order valence-electron chi connectivity index (χ1n) is 9.06. The monoisotopic (exact) mass is 503 g/mol. The SMILES string of the molecule is CC(=O)OC(C)(C)OC(=O)Cl.COC(=O)CN(CP(C)(C)=O)C(=O)OC(C)(C)OC(C)=O. The molecule has 0 saturated heterocycles. The molecular formula is C18H31ClNO11P. The molecule has 0 aromatic rings. The third-order valence-electron chi connectivity index (χ3n) is 2.76. The fraction of sp³-hybridized carbons (Fsp3) is 0.722. The second kappa shape index (κ2) is 13.3. The van der Waals surface area contributed by atoms with E-state index in [9.17, 15) is 28.5 Å². The quantitative estimate of drug-likeness (QED) is 0.158. The van der Waals surface area contributed by atoms with Crippen LogP contribution in [0, 0.1) is 0 Å². The molecule has 0 aromatic heterocycles. The molecule has 32 heavy (non-hydrogen) atoms. The van der Waals surface area contributed by atoms with E-state index >= 15 is 0 Å². The number of halogens is 1. The molecule has 0 aromatic carbocycles. The summed E-state index contributed by atoms with van der Waals surface area (Å²) in [5.41, 5.74) is -1.00. The van der Waals surface area contributed by atoms with Crippen LogP contribution in [0.4, 0.5) is 9.59 Å². The number of hydrogen-bond acceptors (Lipinski definition) is 11. The van der Waals surface area contributed by atoms with Crippen molar-refractivity contribution in [2.75, 3.05) is 33.3 Å². The molecule has 14 heteroatoms. The van der Waals surface area contributed by atoms with E-state index < -0.39 is 54.7 Å². The zero-order valence-electron chi connectivity index (χ0n) is 19.7. The lowest BCUT2D eigenvalue weighted by Gasteiger charge is -2.29. The molecule has 0 heterocycles. The largest absolute Gasteiger partial charge is 0.468 e. The normalized spacial score (nSPS) is 11.2. The zero-order valence-corrected chi connectivity index (χ0v) is 21.3. The predicted octanol–water partition coefficient (Wildman–Crippen LogP) is 3.14. The van der Waals surface area contributed by atoms with Crippen molar-refractivity contribution in [2.24, 2.45) is 0 Å². The Hall–Kier alpha value is -2.33. The van der Waals surface area contributed by atoms with Gasteiger partial charge in [0.2, 0.25) is 0 Å². The molecule has 0 atom stereocenters. The first kappa shape index (κ1) is 31.9. The van der Waals surface area contributed by atoms with Gasteiger partial charge in [-0.2, -0.15) is 0 Å². The summed E-state index contributed by atoms with van der Waals surface area (Å²) in [4.78, 5) is 55.8. The van der Waals surface area contributed by atoms with Crippen LogP contribution in [0.15, 0.2) is 0 Å². The van der Waals surface area contributed by atoms with Gasteiger partial charge in [0, 0.05) is 53.1 Å². The van der Waals surface area contributed by atoms with E-state index in [0.717, 1.165) is 4.90 Å². The van der Waals surface area contributed by atoms with E-state index in [4.69, 9.17) is 21.1 Å². The van der Waals surface area contributed by atoms with Crippen molar-refractivity contribution < 1.29 is 52.2 Å². The number of amides is 1. The van der Waals surface area contributed by atoms with Crippen LogP contribution in [-0.4, -0.2) is 79.2 Å². The number of methoxy groups -OCH3 is 1. The van der Waals surface area contributed by atoms with Crippen molar-refractivity contribution >= 4 is 48.2 Å². The topological polar surface area (TPSA) is 152 Å². The summed E-state index contributed by atoms with van der Waals surface area (Å²) in [6.45, 7) is 10.5. The van der Waals surface area contributed by atoms with E-state index in [1.54, 1.807) is 0 Å². The molecule has 0 bridgehead atoms. The number of nitrogens with zero attached hydrogens (tertiary/aromatic N) is 1. The maximum absolute atomic E-state index is 12.1. The highest BCUT2D eigenvalue weighted by atomic mass is 35.5. The van der Waals surface area contributed by atoms with Crippen LogP contribution in [-0.2, 0) is 42.6 Å². The first-order chi connectivity index (χ1) is 14.2. The fourth-order valence-corrected chi connectivity index (χ4v) is 3.23. The van der Waals surface area contributed by atoms with Crippen LogP contribution in [0.2, 0.25) is 0 Å². The third kappa shape index (κ3) is 18.4. The van der Waals surface area contributed by atoms with E-state index in [1.165, 1.54) is 62.0 Å². The zero-order chi connectivity index (χ0) is 25.9. The van der Waals surface area contributed by atoms with Gasteiger partial charge in [-0.15, -0.1) is 0 Å². The van der Waals surface area contributed by atoms with Gasteiger partial charge < -0.3 is 28.2 Å². The summed E-state index contributed by atoms with van der Waals surface area (Å²) in [5.74, 6) is -4.62. The van der Waals surface area contributed by atoms with Crippen molar-refractivity contribution in [3.63, 3.8) is 0 Å². The Balaban J connectivity index is 0. The van der Waals surface area contributed by atoms with E-state index in [1.807, 2.05) is 0 Å². The van der Waals surface area contributed by atoms with Gasteiger partial charge in [-0.05, 0) is 13.3 Å². The number of carbonyl (C=O) groups excluding carboxylic acids is 5. The first-order valence-corrected chi connectivity index (χ1v) is 12.2. The predicted molar refractivity (Wildman–Crippen MR) is 114 cm³/mol. The molecule has 12 nitrogen and oxygen atoms in total. The molecular weight excluding hydrogens is 473 g/mol. The highest BCUT2D eigenvalue weighted by Gasteiger charge is 2.31. The Kier molecular flexibility index (Phi) is 13.2. The molecule has 0 aliphatic carbocycles. The van der Waals surface area contributed by atoms with Gasteiger partial charge in [0.05, 0.1) is 13.4 Å². The minimum atomic E-state index is -2.63. The lowest BCUT2D eigenvalue weighted by Crippen LogP contribution is -2.43. The Morgan fingerprint density at radius 1 is 0.844 bits per heavy atom. The third-order valence-corrected chi connectivity index (χ3v) is 3.86. The van der Waals surface area contributed by atoms with Crippen LogP contribution in [0.5, 0.6) is 0 Å². The van der Waals surface area contributed by atoms with Crippen molar-refractivity contribution in [2.45, 2.75) is 53.1 Å². The Bertz CT molecular complexity index is 727. The molecule has 0 fully saturated rings. The lowest BCUT2D eigenvalue weighted by atomic mass is 10.4. The summed E-state index contributed by atoms with van der Waals surface area (Å²) < 4.78 is 35.2. The van der Waals surface area contributed by atoms with Gasteiger partial charge in [-0.3, -0.25) is 19.3 Å². The van der Waals surface area contributed by atoms with E-state index in [0.29, 0.717) is 0 Å². The average molecular weight is 504 g/mol. The van der Waals surface area contributed by atoms with Gasteiger partial charge in [0.25, 0.3) is 11.6 Å². The molecule has 0 N–H and O–H groups in total. The van der Waals surface area contributed by atoms with Crippen LogP contribution < -0.4 is 0 Å². The molecule has 186 valence electrons. The van der Waals surface area contributed by atoms with Gasteiger partial charge in [0.1, 0.15) is 13.7 Å². The molecule has 1 amide bonds. The smallest absolute Gasteiger partial charge is 0.413 e. The second-order valence-electron chi connectivity index (χ2n) is 7.68. The highest BCUT2D eigenvalue weighted by molar-refractivity contribution is 7.62. The fourth-order valence-electron chi connectivity index (χ4n) is 2.01. The minimum absolute atomic E-state index is 0.156. The van der Waals surface area contributed by atoms with E-state index in [-0.39, 0.29) is 6.29 Å². The number of rotatable bonds is 8. The van der Waals surface area contributed by atoms with Crippen molar-refractivity contribution in [1.82, 2.24) is 4.90 Å². The summed E-state index contributed by atoms with van der Waals surface area (Å²) in [7, 11) is -1.45. The maximum Gasteiger partial charge on any atom is 0.413 e. The molecule has 0 radical (unpaired) electrons. The summed E-state index contributed by atoms with van der Waals surface area (Å²) >= 11 is 4.89. The number of hydrogen-bond donors (Lipinski definition) is 0. The minimum Gasteiger partial charge on any atom is -0.468 e. The Morgan fingerprint density at radius 3 is 1.56 bits per heavy atom. The number of carbonyl (C=O) groups is 5. The summed E-state index contributed by atoms with van der Waals surface area (Å²) in [6.07, 6.45) is -1.08. The van der Waals surface area contributed by atoms with Gasteiger partial charge in [-0.25, -0.2) is 9.59 Å². The average Bonchev–Trinajstić information content (AvgIpc) is 2.48. The van der Waals surface area contributed by atoms with Crippen LogP contribution in [0.25, 0.3) is 0 Å². The van der Waals surface area contributed by atoms with Crippen LogP contribution in [0.3, 0.4) is 0 Å². The van der Waals surface area contributed by atoms with Crippen molar-refractivity contribution in [3.8, 4) is 0 Å². The Morgan fingerprint density at radius 2 is 1.25 bits per heavy atom. The standard InChI is InChI=1S/C12H22NO7P.C6H9ClO4/c1-9(14)19-12(2,3)20-11(16)13(7-10(15)18-4)8-21(5,6)17;1-4(8)10-6(2,3)11-5(7)9/h7-8H2,1-6H3;1-3H3. The summed E-state index contributed by atoms with van der Waals surface area (Å²) in [6, 6.07) is 0. The van der Waals surface area contributed by atoms with Crippen LogP contribution in [0.1, 0.15) is 41.5 Å². The molecule has 0 unspecified atom stereocenters. The number of esters is 3. The molecule has 0 rings (SSSR count). The summed E-state index contributed by atoms with van der Waals surface area (Å²) in [5, 5.41) is 0. The molecule has 0 saturated carbocycles. The molecule has 0 aliphatic heterocycles. The van der Waals surface area contributed by atoms with Crippen molar-refractivity contribution in [3.05, 3.63) is 0 Å². The maximum atomic E-state index is 12.1.